The molecule has 32 heavy (non-hydrogen) atoms. The van der Waals surface area contributed by atoms with Gasteiger partial charge in [-0.2, -0.15) is 0 Å². The number of alkyl halides is 4. The molecule has 0 spiro atoms. The topological polar surface area (TPSA) is 27.1 Å². The van der Waals surface area contributed by atoms with E-state index in [9.17, 15) is 17.6 Å². The lowest BCUT2D eigenvalue weighted by Crippen LogP contribution is -2.17. The van der Waals surface area contributed by atoms with E-state index in [1.165, 1.54) is 30.0 Å². The molecule has 8 heteroatoms. The molecule has 0 aliphatic carbocycles. The standard InChI is InChI=1S/C24H18F4N2OS/c25-14-17-9-11-18(12-10-17)16-32-23-29-22(19-5-2-1-3-6-19)15-30(23)20-7-4-8-21(13-20)31-24(26,27)28/h1-13,15H,14,16H2. The fourth-order valence-corrected chi connectivity index (χ4v) is 4.05. The van der Waals surface area contributed by atoms with Gasteiger partial charge in [0.25, 0.3) is 0 Å². The van der Waals surface area contributed by atoms with Gasteiger partial charge in [-0.25, -0.2) is 9.37 Å². The lowest BCUT2D eigenvalue weighted by Gasteiger charge is -2.12. The second kappa shape index (κ2) is 9.48. The summed E-state index contributed by atoms with van der Waals surface area (Å²) in [6.45, 7) is -0.519. The Bertz CT molecular complexity index is 1170. The molecule has 0 aliphatic heterocycles. The first-order valence-corrected chi connectivity index (χ1v) is 10.7. The summed E-state index contributed by atoms with van der Waals surface area (Å²) in [5, 5.41) is 0.613. The number of benzene rings is 3. The van der Waals surface area contributed by atoms with Gasteiger partial charge in [0, 0.05) is 23.6 Å². The molecule has 0 saturated heterocycles. The molecular weight excluding hydrogens is 440 g/mol. The predicted octanol–water partition coefficient (Wildman–Crippen LogP) is 7.20. The van der Waals surface area contributed by atoms with Crippen LogP contribution in [0, 0.1) is 0 Å². The quantitative estimate of drug-likeness (QED) is 0.216. The molecule has 0 saturated carbocycles. The summed E-state index contributed by atoms with van der Waals surface area (Å²) in [5.74, 6) is 0.263. The van der Waals surface area contributed by atoms with Crippen molar-refractivity contribution in [2.24, 2.45) is 0 Å². The summed E-state index contributed by atoms with van der Waals surface area (Å²) in [7, 11) is 0. The van der Waals surface area contributed by atoms with Crippen molar-refractivity contribution in [3.63, 3.8) is 0 Å². The zero-order valence-corrected chi connectivity index (χ0v) is 17.5. The molecule has 4 rings (SSSR count). The van der Waals surface area contributed by atoms with Crippen LogP contribution in [0.15, 0.2) is 90.2 Å². The average Bonchev–Trinajstić information content (AvgIpc) is 3.22. The fourth-order valence-electron chi connectivity index (χ4n) is 3.10. The fraction of sp³-hybridized carbons (Fsp3) is 0.125. The van der Waals surface area contributed by atoms with E-state index in [2.05, 4.69) is 4.74 Å². The van der Waals surface area contributed by atoms with E-state index in [1.807, 2.05) is 42.5 Å². The largest absolute Gasteiger partial charge is 0.573 e. The van der Waals surface area contributed by atoms with Crippen LogP contribution in [0.1, 0.15) is 11.1 Å². The van der Waals surface area contributed by atoms with Gasteiger partial charge >= 0.3 is 6.36 Å². The monoisotopic (exact) mass is 458 g/mol. The third kappa shape index (κ3) is 5.50. The van der Waals surface area contributed by atoms with E-state index in [-0.39, 0.29) is 5.75 Å². The molecule has 0 bridgehead atoms. The van der Waals surface area contributed by atoms with Gasteiger partial charge in [0.1, 0.15) is 12.4 Å². The first-order valence-electron chi connectivity index (χ1n) is 9.69. The van der Waals surface area contributed by atoms with E-state index in [0.29, 0.717) is 27.9 Å². The smallest absolute Gasteiger partial charge is 0.406 e. The van der Waals surface area contributed by atoms with E-state index in [0.717, 1.165) is 11.1 Å². The number of thioether (sulfide) groups is 1. The van der Waals surface area contributed by atoms with Crippen molar-refractivity contribution in [3.05, 3.63) is 96.2 Å². The van der Waals surface area contributed by atoms with Crippen molar-refractivity contribution in [3.8, 4) is 22.7 Å². The van der Waals surface area contributed by atoms with Gasteiger partial charge in [-0.05, 0) is 23.3 Å². The zero-order chi connectivity index (χ0) is 22.6. The molecule has 0 atom stereocenters. The highest BCUT2D eigenvalue weighted by molar-refractivity contribution is 7.98. The van der Waals surface area contributed by atoms with Gasteiger partial charge in [-0.1, -0.05) is 72.4 Å². The summed E-state index contributed by atoms with van der Waals surface area (Å²) in [6, 6.07) is 22.5. The number of hydrogen-bond donors (Lipinski definition) is 0. The van der Waals surface area contributed by atoms with Crippen molar-refractivity contribution in [2.75, 3.05) is 0 Å². The van der Waals surface area contributed by atoms with Gasteiger partial charge in [-0.3, -0.25) is 4.57 Å². The summed E-state index contributed by atoms with van der Waals surface area (Å²) in [6.07, 6.45) is -2.98. The first kappa shape index (κ1) is 22.0. The van der Waals surface area contributed by atoms with Crippen LogP contribution < -0.4 is 4.74 Å². The maximum absolute atomic E-state index is 12.7. The minimum absolute atomic E-state index is 0.303. The molecule has 0 fully saturated rings. The molecular formula is C24H18F4N2OS. The minimum atomic E-state index is -4.77. The molecule has 0 radical (unpaired) electrons. The second-order valence-electron chi connectivity index (χ2n) is 6.93. The average molecular weight is 458 g/mol. The number of hydrogen-bond acceptors (Lipinski definition) is 3. The van der Waals surface area contributed by atoms with Crippen molar-refractivity contribution in [1.82, 2.24) is 9.55 Å². The minimum Gasteiger partial charge on any atom is -0.406 e. The summed E-state index contributed by atoms with van der Waals surface area (Å²) in [5.41, 5.74) is 3.67. The normalized spacial score (nSPS) is 11.5. The van der Waals surface area contributed by atoms with Crippen LogP contribution in [0.3, 0.4) is 0 Å². The lowest BCUT2D eigenvalue weighted by atomic mass is 10.2. The SMILES string of the molecule is FCc1ccc(CSc2nc(-c3ccccc3)cn2-c2cccc(OC(F)(F)F)c2)cc1. The van der Waals surface area contributed by atoms with Crippen LogP contribution in [0.2, 0.25) is 0 Å². The Labute approximate surface area is 186 Å². The van der Waals surface area contributed by atoms with E-state index >= 15 is 0 Å². The molecule has 1 heterocycles. The van der Waals surface area contributed by atoms with E-state index < -0.39 is 13.0 Å². The van der Waals surface area contributed by atoms with Crippen LogP contribution in [-0.4, -0.2) is 15.9 Å². The Morgan fingerprint density at radius 1 is 0.875 bits per heavy atom. The Balaban J connectivity index is 1.67. The lowest BCUT2D eigenvalue weighted by molar-refractivity contribution is -0.274. The third-order valence-electron chi connectivity index (χ3n) is 4.62. The molecule has 3 aromatic carbocycles. The van der Waals surface area contributed by atoms with Gasteiger partial charge in [0.15, 0.2) is 5.16 Å². The molecule has 0 N–H and O–H groups in total. The zero-order valence-electron chi connectivity index (χ0n) is 16.7. The van der Waals surface area contributed by atoms with Crippen LogP contribution in [-0.2, 0) is 12.4 Å². The molecule has 0 amide bonds. The Morgan fingerprint density at radius 2 is 1.59 bits per heavy atom. The molecule has 3 nitrogen and oxygen atoms in total. The van der Waals surface area contributed by atoms with Crippen molar-refractivity contribution in [2.45, 2.75) is 23.9 Å². The van der Waals surface area contributed by atoms with Gasteiger partial charge in [0.2, 0.25) is 0 Å². The Kier molecular flexibility index (Phi) is 6.50. The Morgan fingerprint density at radius 3 is 2.28 bits per heavy atom. The Hall–Kier alpha value is -3.26. The maximum Gasteiger partial charge on any atom is 0.573 e. The molecule has 0 unspecified atom stereocenters. The van der Waals surface area contributed by atoms with Gasteiger partial charge in [0.05, 0.1) is 11.4 Å². The highest BCUT2D eigenvalue weighted by atomic mass is 32.2. The van der Waals surface area contributed by atoms with E-state index in [4.69, 9.17) is 4.98 Å². The molecule has 0 aliphatic rings. The van der Waals surface area contributed by atoms with Crippen LogP contribution in [0.4, 0.5) is 17.6 Å². The number of halogens is 4. The van der Waals surface area contributed by atoms with E-state index in [1.54, 1.807) is 29.0 Å². The van der Waals surface area contributed by atoms with Gasteiger partial charge in [-0.15, -0.1) is 13.2 Å². The third-order valence-corrected chi connectivity index (χ3v) is 5.64. The van der Waals surface area contributed by atoms with Gasteiger partial charge < -0.3 is 4.74 Å². The maximum atomic E-state index is 12.7. The van der Waals surface area contributed by atoms with Crippen molar-refractivity contribution < 1.29 is 22.3 Å². The van der Waals surface area contributed by atoms with Crippen LogP contribution >= 0.6 is 11.8 Å². The first-order chi connectivity index (χ1) is 15.4. The molecule has 4 aromatic rings. The number of aromatic nitrogens is 2. The van der Waals surface area contributed by atoms with Crippen molar-refractivity contribution >= 4 is 11.8 Å². The predicted molar refractivity (Wildman–Crippen MR) is 116 cm³/mol. The number of rotatable bonds is 7. The second-order valence-corrected chi connectivity index (χ2v) is 7.87. The number of ether oxygens (including phenoxy) is 1. The summed E-state index contributed by atoms with van der Waals surface area (Å²) >= 11 is 1.44. The number of nitrogens with zero attached hydrogens (tertiary/aromatic N) is 2. The highest BCUT2D eigenvalue weighted by Crippen LogP contribution is 2.31. The summed E-state index contributed by atoms with van der Waals surface area (Å²) < 4.78 is 56.6. The number of imidazole rings is 1. The molecule has 1 aromatic heterocycles. The highest BCUT2D eigenvalue weighted by Gasteiger charge is 2.31. The van der Waals surface area contributed by atoms with Crippen molar-refractivity contribution in [1.29, 1.82) is 0 Å². The van der Waals surface area contributed by atoms with Crippen LogP contribution in [0.25, 0.3) is 16.9 Å². The summed E-state index contributed by atoms with van der Waals surface area (Å²) in [4.78, 5) is 4.71. The van der Waals surface area contributed by atoms with Crippen LogP contribution in [0.5, 0.6) is 5.75 Å². The molecule has 164 valence electrons.